The maximum absolute atomic E-state index is 13.3. The Morgan fingerprint density at radius 2 is 1.77 bits per heavy atom. The molecular formula is C24H22N4O2. The molecule has 1 amide bonds. The minimum absolute atomic E-state index is 0.181. The van der Waals surface area contributed by atoms with Crippen molar-refractivity contribution < 1.29 is 9.59 Å². The number of carbonyl (C=O) groups is 2. The largest absolute Gasteiger partial charge is 0.350 e. The maximum atomic E-state index is 13.3. The van der Waals surface area contributed by atoms with E-state index in [0.29, 0.717) is 6.42 Å². The first-order valence-electron chi connectivity index (χ1n) is 9.81. The number of aromatic nitrogens is 2. The van der Waals surface area contributed by atoms with Gasteiger partial charge in [-0.3, -0.25) is 9.59 Å². The molecule has 30 heavy (non-hydrogen) atoms. The van der Waals surface area contributed by atoms with Crippen molar-refractivity contribution in [1.82, 2.24) is 15.1 Å². The van der Waals surface area contributed by atoms with Crippen LogP contribution in [0.15, 0.2) is 54.6 Å². The number of rotatable bonds is 4. The smallest absolute Gasteiger partial charge is 0.245 e. The fourth-order valence-electron chi connectivity index (χ4n) is 3.76. The van der Waals surface area contributed by atoms with E-state index in [4.69, 9.17) is 0 Å². The SMILES string of the molecule is CC(C)(C)NC(=O)C(C#N)C(=O)c1nn(-c2ccccc2)c2c1Cc1ccccc1-2. The molecule has 6 nitrogen and oxygen atoms in total. The van der Waals surface area contributed by atoms with Gasteiger partial charge in [0.05, 0.1) is 17.5 Å². The van der Waals surface area contributed by atoms with Crippen molar-refractivity contribution >= 4 is 11.7 Å². The van der Waals surface area contributed by atoms with Crippen LogP contribution in [0.2, 0.25) is 0 Å². The molecular weight excluding hydrogens is 376 g/mol. The van der Waals surface area contributed by atoms with Crippen LogP contribution in [0.5, 0.6) is 0 Å². The second-order valence-electron chi connectivity index (χ2n) is 8.42. The standard InChI is InChI=1S/C24H22N4O2/c1-24(2,3)26-23(30)19(14-25)22(29)20-18-13-15-9-7-8-12-17(15)21(18)28(27-20)16-10-5-4-6-11-16/h4-12,19H,13H2,1-3H3,(H,26,30). The molecule has 0 fully saturated rings. The number of hydrogen-bond donors (Lipinski definition) is 1. The fourth-order valence-corrected chi connectivity index (χ4v) is 3.76. The summed E-state index contributed by atoms with van der Waals surface area (Å²) in [6.45, 7) is 5.42. The summed E-state index contributed by atoms with van der Waals surface area (Å²) in [5.41, 5.74) is 4.15. The first-order valence-corrected chi connectivity index (χ1v) is 9.81. The third kappa shape index (κ3) is 3.39. The summed E-state index contributed by atoms with van der Waals surface area (Å²) in [6, 6.07) is 19.4. The number of carbonyl (C=O) groups excluding carboxylic acids is 2. The van der Waals surface area contributed by atoms with E-state index in [-0.39, 0.29) is 5.69 Å². The lowest BCUT2D eigenvalue weighted by Crippen LogP contribution is -2.45. The summed E-state index contributed by atoms with van der Waals surface area (Å²) in [7, 11) is 0. The zero-order valence-corrected chi connectivity index (χ0v) is 17.1. The lowest BCUT2D eigenvalue weighted by Gasteiger charge is -2.21. The number of nitrogens with zero attached hydrogens (tertiary/aromatic N) is 3. The quantitative estimate of drug-likeness (QED) is 0.420. The van der Waals surface area contributed by atoms with Crippen molar-refractivity contribution in [3.63, 3.8) is 0 Å². The highest BCUT2D eigenvalue weighted by atomic mass is 16.2. The number of nitriles is 1. The van der Waals surface area contributed by atoms with Gasteiger partial charge in [-0.15, -0.1) is 0 Å². The first-order chi connectivity index (χ1) is 14.3. The average molecular weight is 398 g/mol. The number of para-hydroxylation sites is 1. The van der Waals surface area contributed by atoms with Gasteiger partial charge >= 0.3 is 0 Å². The maximum Gasteiger partial charge on any atom is 0.245 e. The van der Waals surface area contributed by atoms with Crippen LogP contribution in [-0.2, 0) is 11.2 Å². The number of amides is 1. The Labute approximate surface area is 175 Å². The predicted molar refractivity (Wildman–Crippen MR) is 113 cm³/mol. The Morgan fingerprint density at radius 1 is 1.10 bits per heavy atom. The van der Waals surface area contributed by atoms with Gasteiger partial charge in [-0.05, 0) is 38.5 Å². The van der Waals surface area contributed by atoms with Crippen LogP contribution >= 0.6 is 0 Å². The van der Waals surface area contributed by atoms with Gasteiger partial charge in [0, 0.05) is 23.1 Å². The van der Waals surface area contributed by atoms with E-state index in [1.165, 1.54) is 0 Å². The molecule has 1 N–H and O–H groups in total. The second-order valence-corrected chi connectivity index (χ2v) is 8.42. The van der Waals surface area contributed by atoms with Gasteiger partial charge in [0.25, 0.3) is 0 Å². The predicted octanol–water partition coefficient (Wildman–Crippen LogP) is 3.68. The molecule has 1 aromatic heterocycles. The van der Waals surface area contributed by atoms with Crippen molar-refractivity contribution in [1.29, 1.82) is 5.26 Å². The van der Waals surface area contributed by atoms with Crippen LogP contribution in [0.3, 0.4) is 0 Å². The van der Waals surface area contributed by atoms with Gasteiger partial charge in [-0.25, -0.2) is 4.68 Å². The number of benzene rings is 2. The van der Waals surface area contributed by atoms with E-state index in [2.05, 4.69) is 10.4 Å². The third-order valence-corrected chi connectivity index (χ3v) is 5.01. The zero-order chi connectivity index (χ0) is 21.5. The van der Waals surface area contributed by atoms with Gasteiger partial charge in [0.1, 0.15) is 5.69 Å². The molecule has 150 valence electrons. The number of ketones is 1. The summed E-state index contributed by atoms with van der Waals surface area (Å²) in [5, 5.41) is 16.9. The Kier molecular flexibility index (Phi) is 4.75. The lowest BCUT2D eigenvalue weighted by atomic mass is 9.97. The number of fused-ring (bicyclic) bond motifs is 3. The van der Waals surface area contributed by atoms with E-state index in [1.807, 2.05) is 81.4 Å². The number of Topliss-reactive ketones (excluding diaryl/α,β-unsaturated/α-hetero) is 1. The molecule has 0 saturated carbocycles. The molecule has 4 rings (SSSR count). The molecule has 3 aromatic rings. The molecule has 0 spiro atoms. The van der Waals surface area contributed by atoms with E-state index in [1.54, 1.807) is 4.68 Å². The summed E-state index contributed by atoms with van der Waals surface area (Å²) in [6.07, 6.45) is 0.540. The average Bonchev–Trinajstić information content (AvgIpc) is 3.25. The normalized spacial score (nSPS) is 13.1. The van der Waals surface area contributed by atoms with Crippen molar-refractivity contribution in [2.45, 2.75) is 32.7 Å². The number of nitrogens with one attached hydrogen (secondary N) is 1. The Morgan fingerprint density at radius 3 is 2.43 bits per heavy atom. The van der Waals surface area contributed by atoms with E-state index >= 15 is 0 Å². The van der Waals surface area contributed by atoms with Crippen molar-refractivity contribution in [2.75, 3.05) is 0 Å². The third-order valence-electron chi connectivity index (χ3n) is 5.01. The molecule has 1 atom stereocenters. The topological polar surface area (TPSA) is 87.8 Å². The second kappa shape index (κ2) is 7.27. The molecule has 0 radical (unpaired) electrons. The molecule has 1 aliphatic rings. The highest BCUT2D eigenvalue weighted by molar-refractivity contribution is 6.13. The van der Waals surface area contributed by atoms with Gasteiger partial charge in [0.15, 0.2) is 5.92 Å². The summed E-state index contributed by atoms with van der Waals surface area (Å²) < 4.78 is 1.74. The van der Waals surface area contributed by atoms with Crippen LogP contribution in [0.25, 0.3) is 16.9 Å². The molecule has 2 aromatic carbocycles. The van der Waals surface area contributed by atoms with E-state index < -0.39 is 23.1 Å². The van der Waals surface area contributed by atoms with Crippen LogP contribution in [0.4, 0.5) is 0 Å². The lowest BCUT2D eigenvalue weighted by molar-refractivity contribution is -0.123. The minimum Gasteiger partial charge on any atom is -0.350 e. The minimum atomic E-state index is -1.45. The van der Waals surface area contributed by atoms with E-state index in [0.717, 1.165) is 28.1 Å². The molecule has 6 heteroatoms. The van der Waals surface area contributed by atoms with Crippen molar-refractivity contribution in [3.05, 3.63) is 71.4 Å². The van der Waals surface area contributed by atoms with Crippen LogP contribution in [-0.4, -0.2) is 27.0 Å². The molecule has 1 heterocycles. The summed E-state index contributed by atoms with van der Waals surface area (Å²) in [5.74, 6) is -2.62. The van der Waals surface area contributed by atoms with Crippen molar-refractivity contribution in [2.24, 2.45) is 5.92 Å². The molecule has 1 aliphatic carbocycles. The number of hydrogen-bond acceptors (Lipinski definition) is 4. The van der Waals surface area contributed by atoms with Gasteiger partial charge < -0.3 is 5.32 Å². The first kappa shape index (κ1) is 19.6. The summed E-state index contributed by atoms with van der Waals surface area (Å²) >= 11 is 0. The molecule has 0 aliphatic heterocycles. The Bertz CT molecular complexity index is 1180. The molecule has 0 saturated heterocycles. The van der Waals surface area contributed by atoms with Crippen molar-refractivity contribution in [3.8, 4) is 23.0 Å². The Hall–Kier alpha value is -3.72. The molecule has 1 unspecified atom stereocenters. The fraction of sp³-hybridized carbons (Fsp3) is 0.250. The monoisotopic (exact) mass is 398 g/mol. The van der Waals surface area contributed by atoms with Gasteiger partial charge in [0.2, 0.25) is 11.7 Å². The van der Waals surface area contributed by atoms with Crippen LogP contribution in [0, 0.1) is 17.2 Å². The highest BCUT2D eigenvalue weighted by Crippen LogP contribution is 2.40. The zero-order valence-electron chi connectivity index (χ0n) is 17.1. The van der Waals surface area contributed by atoms with Crippen LogP contribution in [0.1, 0.15) is 42.4 Å². The summed E-state index contributed by atoms with van der Waals surface area (Å²) in [4.78, 5) is 25.9. The molecule has 0 bridgehead atoms. The van der Waals surface area contributed by atoms with E-state index in [9.17, 15) is 14.9 Å². The Balaban J connectivity index is 1.83. The highest BCUT2D eigenvalue weighted by Gasteiger charge is 2.37. The van der Waals surface area contributed by atoms with Gasteiger partial charge in [-0.1, -0.05) is 42.5 Å². The van der Waals surface area contributed by atoms with Gasteiger partial charge in [-0.2, -0.15) is 10.4 Å². The van der Waals surface area contributed by atoms with Crippen LogP contribution < -0.4 is 5.32 Å².